The molecule has 0 aliphatic carbocycles. The number of hydrogen-bond donors (Lipinski definition) is 1. The Morgan fingerprint density at radius 2 is 2.00 bits per heavy atom. The molecule has 4 nitrogen and oxygen atoms in total. The quantitative estimate of drug-likeness (QED) is 0.854. The first kappa shape index (κ1) is 13.3. The molecule has 4 heteroatoms. The van der Waals surface area contributed by atoms with Gasteiger partial charge in [-0.1, -0.05) is 18.2 Å². The van der Waals surface area contributed by atoms with Crippen LogP contribution in [0.1, 0.15) is 12.5 Å². The maximum atomic E-state index is 9.16. The van der Waals surface area contributed by atoms with Gasteiger partial charge in [0.2, 0.25) is 0 Å². The Morgan fingerprint density at radius 3 is 2.67 bits per heavy atom. The van der Waals surface area contributed by atoms with E-state index in [0.29, 0.717) is 6.42 Å². The molecule has 100 valence electrons. The minimum Gasteiger partial charge on any atom is -0.396 e. The number of hydrazine groups is 1. The Hall–Kier alpha value is -1.10. The van der Waals surface area contributed by atoms with Gasteiger partial charge in [-0.3, -0.25) is 0 Å². The average Bonchev–Trinajstić information content (AvgIpc) is 2.43. The van der Waals surface area contributed by atoms with Gasteiger partial charge in [-0.25, -0.2) is 5.01 Å². The Balaban J connectivity index is 2.20. The highest BCUT2D eigenvalue weighted by Crippen LogP contribution is 2.23. The lowest BCUT2D eigenvalue weighted by molar-refractivity contribution is 0.0321. The van der Waals surface area contributed by atoms with Crippen molar-refractivity contribution in [2.24, 2.45) is 0 Å². The van der Waals surface area contributed by atoms with E-state index in [-0.39, 0.29) is 6.61 Å². The molecule has 1 aromatic carbocycles. The fourth-order valence-electron chi connectivity index (χ4n) is 2.41. The van der Waals surface area contributed by atoms with Crippen molar-refractivity contribution in [3.8, 4) is 0 Å². The van der Waals surface area contributed by atoms with Crippen LogP contribution in [0.3, 0.4) is 0 Å². The summed E-state index contributed by atoms with van der Waals surface area (Å²) in [4.78, 5) is 0. The molecule has 1 fully saturated rings. The van der Waals surface area contributed by atoms with E-state index in [0.717, 1.165) is 32.8 Å². The normalized spacial score (nSPS) is 16.8. The molecule has 0 radical (unpaired) electrons. The zero-order valence-electron chi connectivity index (χ0n) is 11.0. The molecule has 1 aromatic rings. The van der Waals surface area contributed by atoms with Crippen LogP contribution in [0.4, 0.5) is 5.69 Å². The fourth-order valence-corrected chi connectivity index (χ4v) is 2.41. The number of ether oxygens (including phenoxy) is 1. The van der Waals surface area contributed by atoms with Gasteiger partial charge in [-0.2, -0.15) is 0 Å². The molecule has 0 atom stereocenters. The predicted octanol–water partition coefficient (Wildman–Crippen LogP) is 1.29. The van der Waals surface area contributed by atoms with Crippen LogP contribution < -0.4 is 5.01 Å². The molecule has 2 rings (SSSR count). The maximum Gasteiger partial charge on any atom is 0.0612 e. The van der Waals surface area contributed by atoms with Crippen molar-refractivity contribution in [2.45, 2.75) is 13.3 Å². The summed E-state index contributed by atoms with van der Waals surface area (Å²) in [6.07, 6.45) is 0.705. The van der Waals surface area contributed by atoms with Gasteiger partial charge in [0, 0.05) is 26.2 Å². The largest absolute Gasteiger partial charge is 0.396 e. The van der Waals surface area contributed by atoms with Crippen LogP contribution in [-0.2, 0) is 11.2 Å². The second kappa shape index (κ2) is 6.73. The van der Waals surface area contributed by atoms with Crippen molar-refractivity contribution in [2.75, 3.05) is 44.5 Å². The van der Waals surface area contributed by atoms with Crippen LogP contribution in [0, 0.1) is 0 Å². The lowest BCUT2D eigenvalue weighted by atomic mass is 10.1. The molecule has 0 spiro atoms. The monoisotopic (exact) mass is 250 g/mol. The average molecular weight is 250 g/mol. The highest BCUT2D eigenvalue weighted by atomic mass is 16.5. The van der Waals surface area contributed by atoms with Crippen molar-refractivity contribution >= 4 is 5.69 Å². The summed E-state index contributed by atoms with van der Waals surface area (Å²) in [5.74, 6) is 0. The van der Waals surface area contributed by atoms with E-state index in [2.05, 4.69) is 35.1 Å². The molecule has 1 saturated heterocycles. The number of hydrogen-bond acceptors (Lipinski definition) is 4. The second-order valence-corrected chi connectivity index (χ2v) is 4.38. The topological polar surface area (TPSA) is 35.9 Å². The number of anilines is 1. The number of morpholine rings is 1. The smallest absolute Gasteiger partial charge is 0.0612 e. The molecule has 18 heavy (non-hydrogen) atoms. The number of para-hydroxylation sites is 1. The molecule has 1 aliphatic heterocycles. The predicted molar refractivity (Wildman–Crippen MR) is 72.6 cm³/mol. The molecule has 1 N–H and O–H groups in total. The molecule has 0 aromatic heterocycles. The van der Waals surface area contributed by atoms with E-state index in [1.54, 1.807) is 0 Å². The van der Waals surface area contributed by atoms with Crippen molar-refractivity contribution in [1.82, 2.24) is 5.01 Å². The standard InChI is InChI=1S/C14H22N2O2/c1-2-16(15-8-11-18-12-9-15)14-6-4-3-5-13(14)7-10-17/h3-6,17H,2,7-12H2,1H3. The van der Waals surface area contributed by atoms with E-state index in [1.165, 1.54) is 11.3 Å². The summed E-state index contributed by atoms with van der Waals surface area (Å²) in [6, 6.07) is 8.31. The Labute approximate surface area is 109 Å². The molecule has 0 amide bonds. The summed E-state index contributed by atoms with van der Waals surface area (Å²) in [5, 5.41) is 13.8. The van der Waals surface area contributed by atoms with Crippen molar-refractivity contribution < 1.29 is 9.84 Å². The van der Waals surface area contributed by atoms with Gasteiger partial charge in [0.25, 0.3) is 0 Å². The van der Waals surface area contributed by atoms with Crippen LogP contribution in [-0.4, -0.2) is 49.6 Å². The summed E-state index contributed by atoms with van der Waals surface area (Å²) >= 11 is 0. The van der Waals surface area contributed by atoms with Gasteiger partial charge >= 0.3 is 0 Å². The number of rotatable bonds is 5. The maximum absolute atomic E-state index is 9.16. The van der Waals surface area contributed by atoms with Crippen molar-refractivity contribution in [3.05, 3.63) is 29.8 Å². The Morgan fingerprint density at radius 1 is 1.28 bits per heavy atom. The van der Waals surface area contributed by atoms with Crippen molar-refractivity contribution in [1.29, 1.82) is 0 Å². The number of benzene rings is 1. The van der Waals surface area contributed by atoms with Crippen LogP contribution >= 0.6 is 0 Å². The zero-order valence-corrected chi connectivity index (χ0v) is 11.0. The molecule has 0 unspecified atom stereocenters. The zero-order chi connectivity index (χ0) is 12.8. The minimum absolute atomic E-state index is 0.192. The third kappa shape index (κ3) is 3.02. The third-order valence-electron chi connectivity index (χ3n) is 3.28. The molecule has 1 heterocycles. The molecular weight excluding hydrogens is 228 g/mol. The van der Waals surface area contributed by atoms with Gasteiger partial charge in [0.1, 0.15) is 0 Å². The molecular formula is C14H22N2O2. The number of nitrogens with zero attached hydrogens (tertiary/aromatic N) is 2. The minimum atomic E-state index is 0.192. The second-order valence-electron chi connectivity index (χ2n) is 4.38. The molecule has 0 bridgehead atoms. The highest BCUT2D eigenvalue weighted by molar-refractivity contribution is 5.52. The lowest BCUT2D eigenvalue weighted by Crippen LogP contribution is -2.49. The van der Waals surface area contributed by atoms with Crippen LogP contribution in [0.25, 0.3) is 0 Å². The lowest BCUT2D eigenvalue weighted by Gasteiger charge is -2.39. The Kier molecular flexibility index (Phi) is 4.99. The highest BCUT2D eigenvalue weighted by Gasteiger charge is 2.19. The summed E-state index contributed by atoms with van der Waals surface area (Å²) in [7, 11) is 0. The summed E-state index contributed by atoms with van der Waals surface area (Å²) < 4.78 is 5.40. The van der Waals surface area contributed by atoms with E-state index in [9.17, 15) is 0 Å². The van der Waals surface area contributed by atoms with Gasteiger partial charge in [-0.05, 0) is 25.0 Å². The Bertz CT molecular complexity index is 365. The third-order valence-corrected chi connectivity index (χ3v) is 3.28. The number of aliphatic hydroxyl groups excluding tert-OH is 1. The van der Waals surface area contributed by atoms with Gasteiger partial charge in [0.05, 0.1) is 18.9 Å². The molecule has 1 aliphatic rings. The first-order valence-corrected chi connectivity index (χ1v) is 6.65. The van der Waals surface area contributed by atoms with Gasteiger partial charge in [-0.15, -0.1) is 0 Å². The summed E-state index contributed by atoms with van der Waals surface area (Å²) in [6.45, 7) is 6.73. The van der Waals surface area contributed by atoms with Crippen LogP contribution in [0.5, 0.6) is 0 Å². The SMILES string of the molecule is CCN(c1ccccc1CCO)N1CCOCC1. The van der Waals surface area contributed by atoms with Crippen molar-refractivity contribution in [3.63, 3.8) is 0 Å². The van der Waals surface area contributed by atoms with Gasteiger partial charge < -0.3 is 14.9 Å². The van der Waals surface area contributed by atoms with E-state index >= 15 is 0 Å². The van der Waals surface area contributed by atoms with Gasteiger partial charge in [0.15, 0.2) is 0 Å². The molecule has 0 saturated carbocycles. The van der Waals surface area contributed by atoms with Crippen LogP contribution in [0.15, 0.2) is 24.3 Å². The first-order chi connectivity index (χ1) is 8.86. The first-order valence-electron chi connectivity index (χ1n) is 6.65. The number of aliphatic hydroxyl groups is 1. The fraction of sp³-hybridized carbons (Fsp3) is 0.571. The van der Waals surface area contributed by atoms with E-state index in [4.69, 9.17) is 9.84 Å². The van der Waals surface area contributed by atoms with E-state index in [1.807, 2.05) is 6.07 Å². The van der Waals surface area contributed by atoms with Crippen LogP contribution in [0.2, 0.25) is 0 Å². The van der Waals surface area contributed by atoms with E-state index < -0.39 is 0 Å². The summed E-state index contributed by atoms with van der Waals surface area (Å²) in [5.41, 5.74) is 2.41.